The summed E-state index contributed by atoms with van der Waals surface area (Å²) < 4.78 is 0. The number of rotatable bonds is 13. The Morgan fingerprint density at radius 3 is 2.45 bits per heavy atom. The maximum Gasteiger partial charge on any atom is 1.00 e. The molecule has 0 saturated carbocycles. The molecule has 1 unspecified atom stereocenters. The van der Waals surface area contributed by atoms with Crippen molar-refractivity contribution in [2.24, 2.45) is 0 Å². The molecule has 0 aliphatic heterocycles. The van der Waals surface area contributed by atoms with E-state index in [-0.39, 0.29) is 59.7 Å². The van der Waals surface area contributed by atoms with Gasteiger partial charge in [0.25, 0.3) is 5.69 Å². The Morgan fingerprint density at radius 2 is 1.79 bits per heavy atom. The van der Waals surface area contributed by atoms with E-state index in [4.69, 9.17) is 5.11 Å². The van der Waals surface area contributed by atoms with Gasteiger partial charge in [0.1, 0.15) is 5.82 Å². The van der Waals surface area contributed by atoms with Gasteiger partial charge in [-0.2, -0.15) is 0 Å². The maximum absolute atomic E-state index is 12.2. The van der Waals surface area contributed by atoms with E-state index in [2.05, 4.69) is 20.9 Å². The van der Waals surface area contributed by atoms with Crippen LogP contribution in [0.4, 0.5) is 11.5 Å². The molecule has 0 aliphatic carbocycles. The zero-order valence-electron chi connectivity index (χ0n) is 18.3. The van der Waals surface area contributed by atoms with Crippen LogP contribution >= 0.6 is 0 Å². The number of aliphatic carboxylic acids is 1. The number of nitro benzene ring substituents is 1. The molecular formula is C21H25N5NaO6+. The molecule has 0 spiro atoms. The van der Waals surface area contributed by atoms with Gasteiger partial charge < -0.3 is 21.1 Å². The summed E-state index contributed by atoms with van der Waals surface area (Å²) in [5.74, 6) is -1.43. The van der Waals surface area contributed by atoms with Crippen LogP contribution in [0.15, 0.2) is 48.7 Å². The predicted octanol–water partition coefficient (Wildman–Crippen LogP) is -0.976. The van der Waals surface area contributed by atoms with E-state index in [1.54, 1.807) is 6.20 Å². The van der Waals surface area contributed by atoms with Gasteiger partial charge in [-0.3, -0.25) is 24.5 Å². The first kappa shape index (κ1) is 28.0. The minimum absolute atomic E-state index is 0. The second kappa shape index (κ2) is 14.9. The van der Waals surface area contributed by atoms with E-state index in [1.807, 2.05) is 18.2 Å². The summed E-state index contributed by atoms with van der Waals surface area (Å²) in [6.45, 7) is 0.291. The van der Waals surface area contributed by atoms with Crippen LogP contribution in [0, 0.1) is 10.1 Å². The molecule has 33 heavy (non-hydrogen) atoms. The van der Waals surface area contributed by atoms with Crippen molar-refractivity contribution in [1.29, 1.82) is 0 Å². The summed E-state index contributed by atoms with van der Waals surface area (Å²) >= 11 is 0. The van der Waals surface area contributed by atoms with Crippen molar-refractivity contribution in [3.8, 4) is 0 Å². The summed E-state index contributed by atoms with van der Waals surface area (Å²) in [5.41, 5.74) is -0.206. The molecule has 0 fully saturated rings. The Hall–Kier alpha value is -3.02. The standard InChI is InChI=1S/C21H25N5O6.Na/c27-19(10-4-6-12-23-18-9-3-5-11-22-18)24-14-20(28)25-16(13-21(29)30)15-7-1-2-8-17(15)26(31)32;/h1-3,5,7-9,11,16H,4,6,10,12-14H2,(H,22,23)(H,24,27)(H,25,28)(H,29,30);/q;+1. The van der Waals surface area contributed by atoms with Crippen LogP contribution in [0.2, 0.25) is 0 Å². The molecule has 2 aromatic rings. The van der Waals surface area contributed by atoms with Gasteiger partial charge in [-0.25, -0.2) is 4.98 Å². The van der Waals surface area contributed by atoms with Gasteiger partial charge in [-0.1, -0.05) is 24.3 Å². The number of hydrogen-bond donors (Lipinski definition) is 4. The van der Waals surface area contributed by atoms with Crippen LogP contribution in [-0.4, -0.2) is 45.9 Å². The molecule has 170 valence electrons. The Labute approximate surface area is 212 Å². The van der Waals surface area contributed by atoms with E-state index < -0.39 is 29.3 Å². The van der Waals surface area contributed by atoms with Gasteiger partial charge in [0.2, 0.25) is 11.8 Å². The fraction of sp³-hybridized carbons (Fsp3) is 0.333. The minimum atomic E-state index is -1.23. The molecule has 1 heterocycles. The normalized spacial score (nSPS) is 10.9. The van der Waals surface area contributed by atoms with Crippen molar-refractivity contribution >= 4 is 29.3 Å². The van der Waals surface area contributed by atoms with Crippen molar-refractivity contribution in [3.63, 3.8) is 0 Å². The topological polar surface area (TPSA) is 164 Å². The minimum Gasteiger partial charge on any atom is -0.481 e. The third-order valence-electron chi connectivity index (χ3n) is 4.47. The average Bonchev–Trinajstić information content (AvgIpc) is 2.77. The molecule has 0 saturated heterocycles. The Morgan fingerprint density at radius 1 is 1.06 bits per heavy atom. The van der Waals surface area contributed by atoms with Crippen LogP contribution in [0.25, 0.3) is 0 Å². The molecule has 2 amide bonds. The molecule has 2 rings (SSSR count). The van der Waals surface area contributed by atoms with Crippen molar-refractivity contribution in [2.75, 3.05) is 18.4 Å². The predicted molar refractivity (Wildman–Crippen MR) is 116 cm³/mol. The number of unbranched alkanes of at least 4 members (excludes halogenated alkanes) is 1. The number of nitro groups is 1. The fourth-order valence-electron chi connectivity index (χ4n) is 2.97. The fourth-order valence-corrected chi connectivity index (χ4v) is 2.97. The summed E-state index contributed by atoms with van der Waals surface area (Å²) in [5, 5.41) is 28.4. The monoisotopic (exact) mass is 466 g/mol. The first-order valence-corrected chi connectivity index (χ1v) is 10.0. The summed E-state index contributed by atoms with van der Waals surface area (Å²) in [4.78, 5) is 50.1. The molecule has 1 aromatic carbocycles. The second-order valence-electron chi connectivity index (χ2n) is 6.91. The first-order valence-electron chi connectivity index (χ1n) is 10.0. The largest absolute Gasteiger partial charge is 1.00 e. The number of carboxylic acids is 1. The molecular weight excluding hydrogens is 441 g/mol. The Kier molecular flexibility index (Phi) is 12.7. The van der Waals surface area contributed by atoms with Crippen LogP contribution in [0.5, 0.6) is 0 Å². The molecule has 0 aliphatic rings. The van der Waals surface area contributed by atoms with Crippen molar-refractivity contribution in [2.45, 2.75) is 31.7 Å². The van der Waals surface area contributed by atoms with E-state index >= 15 is 0 Å². The van der Waals surface area contributed by atoms with Crippen LogP contribution in [0.3, 0.4) is 0 Å². The first-order chi connectivity index (χ1) is 15.4. The average molecular weight is 466 g/mol. The summed E-state index contributed by atoms with van der Waals surface area (Å²) in [7, 11) is 0. The summed E-state index contributed by atoms with van der Waals surface area (Å²) in [6, 6.07) is 10.0. The second-order valence-corrected chi connectivity index (χ2v) is 6.91. The zero-order chi connectivity index (χ0) is 23.3. The Balaban J connectivity index is 0.00000544. The van der Waals surface area contributed by atoms with Gasteiger partial charge in [-0.15, -0.1) is 0 Å². The van der Waals surface area contributed by atoms with Gasteiger partial charge in [0.05, 0.1) is 29.5 Å². The number of aromatic nitrogens is 1. The number of carbonyl (C=O) groups excluding carboxylic acids is 2. The number of hydrogen-bond acceptors (Lipinski definition) is 7. The molecule has 0 bridgehead atoms. The molecule has 11 nitrogen and oxygen atoms in total. The van der Waals surface area contributed by atoms with Gasteiger partial charge >= 0.3 is 35.5 Å². The van der Waals surface area contributed by atoms with E-state index in [0.29, 0.717) is 13.0 Å². The van der Waals surface area contributed by atoms with Crippen molar-refractivity contribution in [3.05, 3.63) is 64.3 Å². The third kappa shape index (κ3) is 10.4. The zero-order valence-corrected chi connectivity index (χ0v) is 20.3. The number of benzene rings is 1. The molecule has 4 N–H and O–H groups in total. The molecule has 1 atom stereocenters. The van der Waals surface area contributed by atoms with Gasteiger partial charge in [0.15, 0.2) is 0 Å². The maximum atomic E-state index is 12.2. The van der Waals surface area contributed by atoms with Crippen molar-refractivity contribution < 1.29 is 54.0 Å². The molecule has 0 radical (unpaired) electrons. The number of carboxylic acid groups (broad SMARTS) is 1. The van der Waals surface area contributed by atoms with Crippen LogP contribution in [-0.2, 0) is 14.4 Å². The third-order valence-corrected chi connectivity index (χ3v) is 4.47. The number of para-hydroxylation sites is 1. The number of anilines is 1. The number of pyridine rings is 1. The molecule has 1 aromatic heterocycles. The van der Waals surface area contributed by atoms with Crippen LogP contribution in [0.1, 0.15) is 37.3 Å². The quantitative estimate of drug-likeness (QED) is 0.127. The number of amides is 2. The van der Waals surface area contributed by atoms with Gasteiger partial charge in [0, 0.05) is 25.2 Å². The number of nitrogens with zero attached hydrogens (tertiary/aromatic N) is 2. The van der Waals surface area contributed by atoms with Crippen molar-refractivity contribution in [1.82, 2.24) is 15.6 Å². The smallest absolute Gasteiger partial charge is 0.481 e. The van der Waals surface area contributed by atoms with E-state index in [0.717, 1.165) is 12.2 Å². The SMILES string of the molecule is O=C(O)CC(NC(=O)CNC(=O)CCCCNc1ccccn1)c1ccccc1[N+](=O)[O-].[Na+]. The van der Waals surface area contributed by atoms with Crippen LogP contribution < -0.4 is 45.5 Å². The van der Waals surface area contributed by atoms with E-state index in [9.17, 15) is 24.5 Å². The van der Waals surface area contributed by atoms with Gasteiger partial charge in [-0.05, 0) is 25.0 Å². The summed E-state index contributed by atoms with van der Waals surface area (Å²) in [6.07, 6.45) is 2.70. The Bertz CT molecular complexity index is 944. The number of nitrogens with one attached hydrogen (secondary N) is 3. The number of carbonyl (C=O) groups is 3. The van der Waals surface area contributed by atoms with E-state index in [1.165, 1.54) is 24.3 Å². The molecule has 12 heteroatoms.